The van der Waals surface area contributed by atoms with Crippen LogP contribution in [0.2, 0.25) is 0 Å². The van der Waals surface area contributed by atoms with Crippen molar-refractivity contribution in [2.45, 2.75) is 6.04 Å². The van der Waals surface area contributed by atoms with Crippen molar-refractivity contribution in [1.29, 1.82) is 0 Å². The maximum Gasteiger partial charge on any atom is 0.213 e. The van der Waals surface area contributed by atoms with Crippen molar-refractivity contribution in [3.05, 3.63) is 54.2 Å². The quantitative estimate of drug-likeness (QED) is 0.777. The zero-order valence-corrected chi connectivity index (χ0v) is 10.4. The lowest BCUT2D eigenvalue weighted by molar-refractivity contribution is 0.399. The van der Waals surface area contributed by atoms with Crippen molar-refractivity contribution < 1.29 is 9.26 Å². The zero-order valence-electron chi connectivity index (χ0n) is 10.4. The van der Waals surface area contributed by atoms with Gasteiger partial charge < -0.3 is 15.0 Å². The molecule has 1 unspecified atom stereocenters. The summed E-state index contributed by atoms with van der Waals surface area (Å²) < 4.78 is 10.2. The van der Waals surface area contributed by atoms with E-state index >= 15 is 0 Å². The lowest BCUT2D eigenvalue weighted by Gasteiger charge is -2.15. The Kier molecular flexibility index (Phi) is 2.89. The van der Waals surface area contributed by atoms with Gasteiger partial charge in [0.2, 0.25) is 6.39 Å². The maximum absolute atomic E-state index is 6.24. The van der Waals surface area contributed by atoms with Gasteiger partial charge in [-0.25, -0.2) is 0 Å². The first-order chi connectivity index (χ1) is 9.31. The molecule has 3 aromatic rings. The number of hydrogen-bond donors (Lipinski definition) is 1. The van der Waals surface area contributed by atoms with Crippen LogP contribution < -0.4 is 10.5 Å². The third kappa shape index (κ3) is 1.94. The van der Waals surface area contributed by atoms with Crippen LogP contribution in [0.4, 0.5) is 0 Å². The van der Waals surface area contributed by atoms with Crippen LogP contribution in [0.25, 0.3) is 10.8 Å². The molecule has 1 heterocycles. The van der Waals surface area contributed by atoms with Crippen LogP contribution in [-0.4, -0.2) is 17.3 Å². The van der Waals surface area contributed by atoms with Crippen molar-refractivity contribution >= 4 is 10.8 Å². The molecule has 1 atom stereocenters. The van der Waals surface area contributed by atoms with Crippen LogP contribution in [0, 0.1) is 0 Å². The van der Waals surface area contributed by atoms with E-state index in [-0.39, 0.29) is 0 Å². The number of nitrogens with two attached hydrogens (primary N) is 1. The number of hydrogen-bond acceptors (Lipinski definition) is 5. The van der Waals surface area contributed by atoms with Crippen LogP contribution in [0.1, 0.15) is 17.4 Å². The molecule has 0 fully saturated rings. The minimum absolute atomic E-state index is 0.439. The Morgan fingerprint density at radius 3 is 2.79 bits per heavy atom. The van der Waals surface area contributed by atoms with Crippen molar-refractivity contribution in [3.63, 3.8) is 0 Å². The van der Waals surface area contributed by atoms with Gasteiger partial charge >= 0.3 is 0 Å². The van der Waals surface area contributed by atoms with Crippen LogP contribution in [-0.2, 0) is 0 Å². The first kappa shape index (κ1) is 11.7. The summed E-state index contributed by atoms with van der Waals surface area (Å²) in [5.74, 6) is 1.16. The minimum Gasteiger partial charge on any atom is -0.496 e. The molecule has 3 rings (SSSR count). The van der Waals surface area contributed by atoms with E-state index in [4.69, 9.17) is 15.0 Å². The van der Waals surface area contributed by atoms with Gasteiger partial charge in [0.15, 0.2) is 5.82 Å². The van der Waals surface area contributed by atoms with Crippen molar-refractivity contribution in [3.8, 4) is 5.75 Å². The Morgan fingerprint density at radius 1 is 1.21 bits per heavy atom. The lowest BCUT2D eigenvalue weighted by atomic mass is 9.97. The Morgan fingerprint density at radius 2 is 2.05 bits per heavy atom. The second kappa shape index (κ2) is 4.70. The van der Waals surface area contributed by atoms with E-state index in [0.29, 0.717) is 5.82 Å². The number of nitrogens with zero attached hydrogens (tertiary/aromatic N) is 2. The SMILES string of the molecule is COc1ccc2ccccc2c1C(N)c1ncon1. The molecule has 5 heteroatoms. The number of rotatable bonds is 3. The van der Waals surface area contributed by atoms with Gasteiger partial charge in [0.1, 0.15) is 5.75 Å². The van der Waals surface area contributed by atoms with Crippen molar-refractivity contribution in [1.82, 2.24) is 10.1 Å². The number of methoxy groups -OCH3 is 1. The van der Waals surface area contributed by atoms with Gasteiger partial charge in [-0.2, -0.15) is 4.98 Å². The predicted molar refractivity (Wildman–Crippen MR) is 70.8 cm³/mol. The Balaban J connectivity index is 2.25. The van der Waals surface area contributed by atoms with Crippen LogP contribution >= 0.6 is 0 Å². The molecule has 2 N–H and O–H groups in total. The Labute approximate surface area is 110 Å². The highest BCUT2D eigenvalue weighted by Crippen LogP contribution is 2.33. The molecule has 0 aliphatic carbocycles. The normalized spacial score (nSPS) is 12.5. The van der Waals surface area contributed by atoms with Gasteiger partial charge in [0.25, 0.3) is 0 Å². The standard InChI is InChI=1S/C14H13N3O2/c1-18-11-7-6-9-4-2-3-5-10(9)12(11)13(15)14-16-8-19-17-14/h2-8,13H,15H2,1H3. The second-order valence-corrected chi connectivity index (χ2v) is 4.17. The fourth-order valence-corrected chi connectivity index (χ4v) is 2.22. The molecular weight excluding hydrogens is 242 g/mol. The number of benzene rings is 2. The largest absolute Gasteiger partial charge is 0.496 e. The lowest BCUT2D eigenvalue weighted by Crippen LogP contribution is -2.15. The highest BCUT2D eigenvalue weighted by molar-refractivity contribution is 5.88. The molecule has 0 aliphatic rings. The van der Waals surface area contributed by atoms with E-state index < -0.39 is 6.04 Å². The van der Waals surface area contributed by atoms with E-state index in [1.54, 1.807) is 7.11 Å². The summed E-state index contributed by atoms with van der Waals surface area (Å²) >= 11 is 0. The molecule has 0 spiro atoms. The molecule has 96 valence electrons. The third-order valence-corrected chi connectivity index (χ3v) is 3.12. The Hall–Kier alpha value is -2.40. The number of ether oxygens (including phenoxy) is 1. The van der Waals surface area contributed by atoms with Gasteiger partial charge in [-0.1, -0.05) is 35.5 Å². The summed E-state index contributed by atoms with van der Waals surface area (Å²) in [4.78, 5) is 4.02. The van der Waals surface area contributed by atoms with Gasteiger partial charge in [-0.15, -0.1) is 0 Å². The summed E-state index contributed by atoms with van der Waals surface area (Å²) in [6.07, 6.45) is 1.27. The highest BCUT2D eigenvalue weighted by atomic mass is 16.5. The average Bonchev–Trinajstić information content (AvgIpc) is 2.99. The van der Waals surface area contributed by atoms with E-state index in [9.17, 15) is 0 Å². The summed E-state index contributed by atoms with van der Waals surface area (Å²) in [6.45, 7) is 0. The predicted octanol–water partition coefficient (Wildman–Crippen LogP) is 2.28. The van der Waals surface area contributed by atoms with Gasteiger partial charge in [-0.3, -0.25) is 0 Å². The smallest absolute Gasteiger partial charge is 0.213 e. The van der Waals surface area contributed by atoms with E-state index in [1.807, 2.05) is 36.4 Å². The second-order valence-electron chi connectivity index (χ2n) is 4.17. The van der Waals surface area contributed by atoms with E-state index in [2.05, 4.69) is 10.1 Å². The summed E-state index contributed by atoms with van der Waals surface area (Å²) in [6, 6.07) is 11.4. The van der Waals surface area contributed by atoms with E-state index in [0.717, 1.165) is 22.1 Å². The van der Waals surface area contributed by atoms with Crippen LogP contribution in [0.3, 0.4) is 0 Å². The molecule has 5 nitrogen and oxygen atoms in total. The van der Waals surface area contributed by atoms with E-state index in [1.165, 1.54) is 6.39 Å². The Bertz CT molecular complexity index is 695. The van der Waals surface area contributed by atoms with Crippen LogP contribution in [0.5, 0.6) is 5.75 Å². The topological polar surface area (TPSA) is 74.2 Å². The molecular formula is C14H13N3O2. The molecule has 0 saturated carbocycles. The highest BCUT2D eigenvalue weighted by Gasteiger charge is 2.20. The van der Waals surface area contributed by atoms with Gasteiger partial charge in [0.05, 0.1) is 13.2 Å². The number of aromatic nitrogens is 2. The molecule has 0 amide bonds. The van der Waals surface area contributed by atoms with Crippen LogP contribution in [0.15, 0.2) is 47.3 Å². The van der Waals surface area contributed by atoms with Gasteiger partial charge in [-0.05, 0) is 16.8 Å². The summed E-state index contributed by atoms with van der Waals surface area (Å²) in [7, 11) is 1.62. The minimum atomic E-state index is -0.486. The first-order valence-corrected chi connectivity index (χ1v) is 5.88. The molecule has 0 radical (unpaired) electrons. The zero-order chi connectivity index (χ0) is 13.2. The van der Waals surface area contributed by atoms with Crippen molar-refractivity contribution in [2.75, 3.05) is 7.11 Å². The average molecular weight is 255 g/mol. The molecule has 0 saturated heterocycles. The number of fused-ring (bicyclic) bond motifs is 1. The first-order valence-electron chi connectivity index (χ1n) is 5.88. The summed E-state index contributed by atoms with van der Waals surface area (Å²) in [5, 5.41) is 5.93. The molecule has 2 aromatic carbocycles. The maximum atomic E-state index is 6.24. The van der Waals surface area contributed by atoms with Crippen molar-refractivity contribution in [2.24, 2.45) is 5.73 Å². The third-order valence-electron chi connectivity index (χ3n) is 3.12. The monoisotopic (exact) mass is 255 g/mol. The fourth-order valence-electron chi connectivity index (χ4n) is 2.22. The molecule has 19 heavy (non-hydrogen) atoms. The molecule has 0 bridgehead atoms. The molecule has 0 aliphatic heterocycles. The fraction of sp³-hybridized carbons (Fsp3) is 0.143. The van der Waals surface area contributed by atoms with Gasteiger partial charge in [0, 0.05) is 5.56 Å². The summed E-state index contributed by atoms with van der Waals surface area (Å²) in [5.41, 5.74) is 7.10. The molecule has 1 aromatic heterocycles.